The summed E-state index contributed by atoms with van der Waals surface area (Å²) in [5.41, 5.74) is -4.22. The Kier molecular flexibility index (Phi) is 8.79. The van der Waals surface area contributed by atoms with E-state index >= 15 is 0 Å². The lowest BCUT2D eigenvalue weighted by Gasteiger charge is -2.61. The Hall–Kier alpha value is -1.00. The molecule has 3 saturated heterocycles. The minimum atomic E-state index is -1.99. The highest BCUT2D eigenvalue weighted by molar-refractivity contribution is 8.76. The topological polar surface area (TPSA) is 182 Å². The molecule has 3 saturated carbocycles. The number of nitrogens with two attached hydrogens (primary N) is 1. The van der Waals surface area contributed by atoms with E-state index < -0.39 is 71.5 Å². The monoisotopic (exact) mass is 667 g/mol. The minimum Gasteiger partial charge on any atom is -0.511 e. The first-order chi connectivity index (χ1) is 21.5. The van der Waals surface area contributed by atoms with Gasteiger partial charge in [0.05, 0.1) is 37.0 Å². The lowest BCUT2D eigenvalue weighted by Crippen LogP contribution is -2.95. The summed E-state index contributed by atoms with van der Waals surface area (Å²) >= 11 is 0. The maximum atomic E-state index is 14.8. The Morgan fingerprint density at radius 2 is 1.96 bits per heavy atom. The Bertz CT molecular complexity index is 1270. The zero-order valence-corrected chi connectivity index (χ0v) is 27.3. The summed E-state index contributed by atoms with van der Waals surface area (Å²) < 4.78 is 12.7. The number of quaternary nitrogens is 1. The molecule has 4 aliphatic carbocycles. The van der Waals surface area contributed by atoms with Gasteiger partial charge < -0.3 is 40.3 Å². The number of allylic oxidation sites excluding steroid dienone is 4. The average Bonchev–Trinajstić information content (AvgIpc) is 3.02. The van der Waals surface area contributed by atoms with Crippen molar-refractivity contribution >= 4 is 33.2 Å². The number of Topliss-reactive ketones (excluding diaryl/α,β-unsaturated/α-hetero) is 2. The van der Waals surface area contributed by atoms with Crippen molar-refractivity contribution in [1.82, 2.24) is 5.32 Å². The third-order valence-corrected chi connectivity index (χ3v) is 14.4. The van der Waals surface area contributed by atoms with Crippen LogP contribution in [0.1, 0.15) is 58.3 Å². The normalized spacial score (nSPS) is 50.5. The molecule has 7 bridgehead atoms. The van der Waals surface area contributed by atoms with Crippen molar-refractivity contribution in [1.29, 1.82) is 0 Å². The maximum absolute atomic E-state index is 14.8. The summed E-state index contributed by atoms with van der Waals surface area (Å²) in [6.07, 6.45) is 2.85. The van der Waals surface area contributed by atoms with Gasteiger partial charge in [-0.2, -0.15) is 0 Å². The van der Waals surface area contributed by atoms with Crippen LogP contribution in [0, 0.1) is 35.0 Å². The smallest absolute Gasteiger partial charge is 0.187 e. The molecule has 0 aromatic heterocycles. The van der Waals surface area contributed by atoms with Crippen LogP contribution < -0.4 is 10.6 Å². The molecule has 0 amide bonds. The highest BCUT2D eigenvalue weighted by Crippen LogP contribution is 2.56. The van der Waals surface area contributed by atoms with E-state index in [-0.39, 0.29) is 41.6 Å². The number of hydrogen-bond donors (Lipinski definition) is 7. The van der Waals surface area contributed by atoms with Crippen LogP contribution in [0.5, 0.6) is 0 Å². The summed E-state index contributed by atoms with van der Waals surface area (Å²) in [6.45, 7) is 2.16. The van der Waals surface area contributed by atoms with Crippen LogP contribution in [0.3, 0.4) is 0 Å². The molecule has 7 rings (SSSR count). The lowest BCUT2D eigenvalue weighted by atomic mass is 9.53. The molecule has 45 heavy (non-hydrogen) atoms. The standard InChI is InChI=1S/C32H46N2O9S2/c1-16-9-20-25(37)19-3-2-4-21-24(19)26(38)31(20,22(36)10-16)14-44-45-15-34-23-12-17(6-8-33-23)11-18-5-7-30(13-35)29(40)32(18,41)27(39)28(42-21)43-30/h9-10,17-21,23-24,27-29,33-36,39-41H,2-8,11-15H2,1H3/p+1. The second-order valence-electron chi connectivity index (χ2n) is 14.6. The molecule has 250 valence electrons. The van der Waals surface area contributed by atoms with Crippen molar-refractivity contribution in [2.45, 2.75) is 100 Å². The zero-order chi connectivity index (χ0) is 31.7. The van der Waals surface area contributed by atoms with Crippen molar-refractivity contribution in [2.75, 3.05) is 24.8 Å². The molecule has 13 unspecified atom stereocenters. The molecule has 0 aromatic carbocycles. The molecule has 3 heterocycles. The second kappa shape index (κ2) is 12.2. The van der Waals surface area contributed by atoms with Crippen molar-refractivity contribution in [3.63, 3.8) is 0 Å². The van der Waals surface area contributed by atoms with Gasteiger partial charge in [-0.05, 0) is 63.4 Å². The number of nitrogens with one attached hydrogen (secondary N) is 1. The molecule has 1 spiro atoms. The van der Waals surface area contributed by atoms with Gasteiger partial charge in [-0.25, -0.2) is 0 Å². The molecule has 0 radical (unpaired) electrons. The van der Waals surface area contributed by atoms with Crippen molar-refractivity contribution in [2.24, 2.45) is 35.0 Å². The highest BCUT2D eigenvalue weighted by Gasteiger charge is 2.69. The molecule has 11 nitrogen and oxygen atoms in total. The van der Waals surface area contributed by atoms with Gasteiger partial charge >= 0.3 is 0 Å². The summed E-state index contributed by atoms with van der Waals surface area (Å²) in [5.74, 6) is -2.06. The maximum Gasteiger partial charge on any atom is 0.187 e. The molecule has 0 aromatic rings. The van der Waals surface area contributed by atoms with Gasteiger partial charge in [-0.1, -0.05) is 39.7 Å². The summed E-state index contributed by atoms with van der Waals surface area (Å²) in [6, 6.07) is 0. The van der Waals surface area contributed by atoms with Crippen LogP contribution in [-0.4, -0.2) is 104 Å². The third-order valence-electron chi connectivity index (χ3n) is 12.2. The highest BCUT2D eigenvalue weighted by atomic mass is 33.1. The summed E-state index contributed by atoms with van der Waals surface area (Å²) in [4.78, 5) is 29.0. The van der Waals surface area contributed by atoms with E-state index in [2.05, 4.69) is 10.6 Å². The number of piperidine rings is 1. The Labute approximate surface area is 271 Å². The quantitative estimate of drug-likeness (QED) is 0.193. The molecule has 13 heteroatoms. The van der Waals surface area contributed by atoms with E-state index in [1.54, 1.807) is 16.9 Å². The van der Waals surface area contributed by atoms with Crippen molar-refractivity contribution in [3.8, 4) is 0 Å². The lowest BCUT2D eigenvalue weighted by molar-refractivity contribution is -0.704. The third kappa shape index (κ3) is 5.02. The van der Waals surface area contributed by atoms with Gasteiger partial charge in [0.2, 0.25) is 0 Å². The predicted octanol–water partition coefficient (Wildman–Crippen LogP) is 0.526. The summed E-state index contributed by atoms with van der Waals surface area (Å²) in [7, 11) is 3.05. The van der Waals surface area contributed by atoms with Gasteiger partial charge in [0.25, 0.3) is 0 Å². The summed E-state index contributed by atoms with van der Waals surface area (Å²) in [5, 5.41) is 63.4. The van der Waals surface area contributed by atoms with Crippen LogP contribution in [0.25, 0.3) is 0 Å². The fourth-order valence-electron chi connectivity index (χ4n) is 9.77. The predicted molar refractivity (Wildman–Crippen MR) is 166 cm³/mol. The molecule has 8 N–H and O–H groups in total. The number of aliphatic hydroxyl groups is 5. The Balaban J connectivity index is 1.29. The number of rotatable bonds is 1. The molecule has 7 aliphatic rings. The van der Waals surface area contributed by atoms with Crippen LogP contribution in [-0.2, 0) is 19.1 Å². The van der Waals surface area contributed by atoms with Gasteiger partial charge in [-0.3, -0.25) is 14.9 Å². The van der Waals surface area contributed by atoms with Gasteiger partial charge in [-0.15, -0.1) is 0 Å². The first-order valence-electron chi connectivity index (χ1n) is 16.6. The van der Waals surface area contributed by atoms with Gasteiger partial charge in [0.15, 0.2) is 12.1 Å². The molecular formula is C32H47N2O9S2+. The van der Waals surface area contributed by atoms with E-state index in [1.807, 2.05) is 13.0 Å². The van der Waals surface area contributed by atoms with E-state index in [1.165, 1.54) is 10.8 Å². The molecular weight excluding hydrogens is 620 g/mol. The number of hydrogen-bond acceptors (Lipinski definition) is 12. The average molecular weight is 668 g/mol. The van der Waals surface area contributed by atoms with Gasteiger partial charge in [0, 0.05) is 18.1 Å². The van der Waals surface area contributed by atoms with E-state index in [4.69, 9.17) is 9.47 Å². The largest absolute Gasteiger partial charge is 0.511 e. The number of aliphatic hydroxyl groups excluding tert-OH is 4. The Morgan fingerprint density at radius 1 is 1.13 bits per heavy atom. The molecule has 3 aliphatic heterocycles. The first kappa shape index (κ1) is 32.5. The Morgan fingerprint density at radius 3 is 2.76 bits per heavy atom. The van der Waals surface area contributed by atoms with Crippen molar-refractivity contribution < 1.29 is 49.9 Å². The second-order valence-corrected chi connectivity index (χ2v) is 17.0. The number of ether oxygens (including phenoxy) is 2. The number of carbonyl (C=O) groups is 2. The van der Waals surface area contributed by atoms with E-state index in [9.17, 15) is 35.1 Å². The van der Waals surface area contributed by atoms with Crippen LogP contribution in [0.15, 0.2) is 23.5 Å². The fraction of sp³-hybridized carbons (Fsp3) is 0.812. The number of carbonyl (C=O) groups excluding carboxylic acids is 2. The molecule has 6 fully saturated rings. The van der Waals surface area contributed by atoms with Crippen LogP contribution >= 0.6 is 21.6 Å². The molecule has 13 atom stereocenters. The fourth-order valence-corrected chi connectivity index (χ4v) is 12.1. The van der Waals surface area contributed by atoms with E-state index in [0.29, 0.717) is 38.0 Å². The van der Waals surface area contributed by atoms with Crippen LogP contribution in [0.2, 0.25) is 0 Å². The zero-order valence-electron chi connectivity index (χ0n) is 25.7. The van der Waals surface area contributed by atoms with Gasteiger partial charge in [0.1, 0.15) is 46.5 Å². The SMILES string of the molecule is CC1=CC2C(=O)C3CCCC4OC5OC6(CO)CCC(CC7CC[NH2+]C(C7)NCSSCC2(C(=O)C43)C(O)=C1)C(O)(C5O)C6O. The minimum absolute atomic E-state index is 0.0872. The van der Waals surface area contributed by atoms with E-state index in [0.717, 1.165) is 25.0 Å². The first-order valence-corrected chi connectivity index (χ1v) is 19.1. The van der Waals surface area contributed by atoms with Crippen molar-refractivity contribution in [3.05, 3.63) is 23.5 Å². The number of fused-ring (bicyclic) bond motifs is 4. The van der Waals surface area contributed by atoms with Crippen LogP contribution in [0.4, 0.5) is 0 Å². The number of ketones is 2.